The molecule has 1 saturated heterocycles. The summed E-state index contributed by atoms with van der Waals surface area (Å²) in [6, 6.07) is 22.7. The summed E-state index contributed by atoms with van der Waals surface area (Å²) in [4.78, 5) is 24.4. The van der Waals surface area contributed by atoms with Gasteiger partial charge in [0.2, 0.25) is 0 Å². The van der Waals surface area contributed by atoms with E-state index in [9.17, 15) is 0 Å². The molecule has 0 spiro atoms. The van der Waals surface area contributed by atoms with E-state index in [1.54, 1.807) is 6.20 Å². The van der Waals surface area contributed by atoms with Gasteiger partial charge in [-0.1, -0.05) is 6.92 Å². The van der Waals surface area contributed by atoms with Crippen LogP contribution in [0.5, 0.6) is 0 Å². The lowest BCUT2D eigenvalue weighted by Crippen LogP contribution is -2.42. The number of aromatic amines is 1. The molecule has 5 heterocycles. The highest BCUT2D eigenvalue weighted by atomic mass is 16.5. The number of aromatic nitrogens is 5. The molecule has 9 heteroatoms. The second-order valence-electron chi connectivity index (χ2n) is 11.0. The number of hydrogen-bond acceptors (Lipinski definition) is 8. The maximum atomic E-state index is 5.89. The summed E-state index contributed by atoms with van der Waals surface area (Å²) in [5.74, 6) is 0.726. The third-order valence-electron chi connectivity index (χ3n) is 7.83. The molecule has 4 aromatic heterocycles. The number of nitrogens with zero attached hydrogens (tertiary/aromatic N) is 5. The highest BCUT2D eigenvalue weighted by Gasteiger charge is 2.20. The molecular formula is C34H34N8O. The van der Waals surface area contributed by atoms with Crippen LogP contribution in [0.4, 0.5) is 28.4 Å². The van der Waals surface area contributed by atoms with E-state index in [1.165, 1.54) is 5.69 Å². The van der Waals surface area contributed by atoms with Crippen LogP contribution in [0.3, 0.4) is 0 Å². The molecule has 0 saturated carbocycles. The fourth-order valence-electron chi connectivity index (χ4n) is 5.61. The second-order valence-corrected chi connectivity index (χ2v) is 11.0. The summed E-state index contributed by atoms with van der Waals surface area (Å²) in [5, 5.41) is 8.10. The van der Waals surface area contributed by atoms with Gasteiger partial charge in [-0.3, -0.25) is 15.0 Å². The van der Waals surface area contributed by atoms with Crippen molar-refractivity contribution in [3.05, 3.63) is 90.5 Å². The Morgan fingerprint density at radius 3 is 2.56 bits per heavy atom. The summed E-state index contributed by atoms with van der Waals surface area (Å²) >= 11 is 0. The van der Waals surface area contributed by atoms with Crippen LogP contribution in [-0.4, -0.2) is 50.7 Å². The molecular weight excluding hydrogens is 536 g/mol. The van der Waals surface area contributed by atoms with Crippen LogP contribution in [0.2, 0.25) is 0 Å². The molecule has 0 amide bonds. The molecule has 0 unspecified atom stereocenters. The minimum Gasteiger partial charge on any atom is -0.375 e. The molecule has 7 rings (SSSR count). The van der Waals surface area contributed by atoms with Crippen molar-refractivity contribution in [3.63, 3.8) is 0 Å². The van der Waals surface area contributed by atoms with Crippen molar-refractivity contribution in [2.45, 2.75) is 33.3 Å². The van der Waals surface area contributed by atoms with Crippen molar-refractivity contribution >= 4 is 50.4 Å². The normalized spacial score (nSPS) is 15.2. The topological polar surface area (TPSA) is 104 Å². The molecule has 1 atom stereocenters. The van der Waals surface area contributed by atoms with Gasteiger partial charge in [-0.25, -0.2) is 4.98 Å². The van der Waals surface area contributed by atoms with Crippen molar-refractivity contribution in [2.75, 3.05) is 35.2 Å². The van der Waals surface area contributed by atoms with E-state index in [0.717, 1.165) is 93.7 Å². The van der Waals surface area contributed by atoms with Gasteiger partial charge < -0.3 is 25.3 Å². The fraction of sp³-hybridized carbons (Fsp3) is 0.235. The van der Waals surface area contributed by atoms with E-state index in [2.05, 4.69) is 62.8 Å². The van der Waals surface area contributed by atoms with Crippen LogP contribution >= 0.6 is 0 Å². The second kappa shape index (κ2) is 11.3. The number of H-pyrrole nitrogens is 1. The molecule has 0 aliphatic carbocycles. The van der Waals surface area contributed by atoms with Crippen LogP contribution in [0.25, 0.3) is 33.5 Å². The summed E-state index contributed by atoms with van der Waals surface area (Å²) < 4.78 is 5.89. The van der Waals surface area contributed by atoms with E-state index >= 15 is 0 Å². The summed E-state index contributed by atoms with van der Waals surface area (Å²) in [7, 11) is 0. The number of ether oxygens (including phenoxy) is 1. The maximum absolute atomic E-state index is 5.89. The predicted octanol–water partition coefficient (Wildman–Crippen LogP) is 7.29. The lowest BCUT2D eigenvalue weighted by atomic mass is 10.1. The van der Waals surface area contributed by atoms with Gasteiger partial charge in [0.15, 0.2) is 5.82 Å². The Balaban J connectivity index is 1.12. The van der Waals surface area contributed by atoms with Crippen LogP contribution in [0.15, 0.2) is 79.1 Å². The summed E-state index contributed by atoms with van der Waals surface area (Å²) in [6.07, 6.45) is 4.93. The third kappa shape index (κ3) is 5.72. The first kappa shape index (κ1) is 26.9. The van der Waals surface area contributed by atoms with Crippen molar-refractivity contribution < 1.29 is 4.74 Å². The van der Waals surface area contributed by atoms with Gasteiger partial charge in [0.25, 0.3) is 0 Å². The lowest BCUT2D eigenvalue weighted by molar-refractivity contribution is 0.0384. The van der Waals surface area contributed by atoms with E-state index in [0.29, 0.717) is 0 Å². The van der Waals surface area contributed by atoms with Crippen LogP contribution < -0.4 is 15.5 Å². The molecule has 1 aliphatic rings. The Labute approximate surface area is 250 Å². The first-order chi connectivity index (χ1) is 21.0. The Bertz CT molecular complexity index is 1920. The Morgan fingerprint density at radius 1 is 0.860 bits per heavy atom. The molecule has 1 fully saturated rings. The van der Waals surface area contributed by atoms with Gasteiger partial charge in [0, 0.05) is 58.8 Å². The Kier molecular flexibility index (Phi) is 7.08. The fourth-order valence-corrected chi connectivity index (χ4v) is 5.61. The number of fused-ring (bicyclic) bond motifs is 2. The molecule has 2 aromatic carbocycles. The number of nitrogens with one attached hydrogen (secondary N) is 3. The SMILES string of the molecule is CC[C@@H]1CN(c2ccc3nc(C)cc(Nc4ccc(-c5nc6ccc(Nc7ccnc(C)c7)cc6[nH]5)nc4)c3c2)CCO1. The van der Waals surface area contributed by atoms with Crippen molar-refractivity contribution in [1.29, 1.82) is 0 Å². The molecule has 43 heavy (non-hydrogen) atoms. The highest BCUT2D eigenvalue weighted by molar-refractivity contribution is 5.95. The van der Waals surface area contributed by atoms with Gasteiger partial charge >= 0.3 is 0 Å². The standard InChI is InChI=1S/C34H34N8O/c1-4-27-20-42(13-14-43-27)26-7-10-29-28(18-26)32(16-22(3)37-29)39-25-6-9-31(36-19-25)34-40-30-8-5-23(17-33(30)41-34)38-24-11-12-35-21(2)15-24/h5-12,15-19,27H,4,13-14,20H2,1-3H3,(H,35,38)(H,37,39)(H,40,41)/t27-/m1/s1. The number of pyridine rings is 3. The molecule has 3 N–H and O–H groups in total. The maximum Gasteiger partial charge on any atom is 0.157 e. The molecule has 0 bridgehead atoms. The smallest absolute Gasteiger partial charge is 0.157 e. The average Bonchev–Trinajstić information content (AvgIpc) is 3.45. The van der Waals surface area contributed by atoms with Crippen molar-refractivity contribution in [2.24, 2.45) is 0 Å². The molecule has 9 nitrogen and oxygen atoms in total. The zero-order valence-electron chi connectivity index (χ0n) is 24.6. The highest BCUT2D eigenvalue weighted by Crippen LogP contribution is 2.31. The number of aryl methyl sites for hydroxylation is 2. The number of benzene rings is 2. The van der Waals surface area contributed by atoms with Crippen LogP contribution in [-0.2, 0) is 4.74 Å². The van der Waals surface area contributed by atoms with Crippen LogP contribution in [0.1, 0.15) is 24.7 Å². The van der Waals surface area contributed by atoms with E-state index in [-0.39, 0.29) is 6.10 Å². The summed E-state index contributed by atoms with van der Waals surface area (Å²) in [6.45, 7) is 8.72. The van der Waals surface area contributed by atoms with Gasteiger partial charge in [-0.2, -0.15) is 0 Å². The minimum atomic E-state index is 0.268. The Hall–Kier alpha value is -5.02. The first-order valence-corrected chi connectivity index (χ1v) is 14.7. The molecule has 6 aromatic rings. The van der Waals surface area contributed by atoms with Gasteiger partial charge in [0.05, 0.1) is 41.1 Å². The predicted molar refractivity (Wildman–Crippen MR) is 174 cm³/mol. The van der Waals surface area contributed by atoms with Crippen molar-refractivity contribution in [1.82, 2.24) is 24.9 Å². The lowest BCUT2D eigenvalue weighted by Gasteiger charge is -2.34. The van der Waals surface area contributed by atoms with E-state index < -0.39 is 0 Å². The quantitative estimate of drug-likeness (QED) is 0.184. The van der Waals surface area contributed by atoms with E-state index in [1.807, 2.05) is 56.4 Å². The van der Waals surface area contributed by atoms with Gasteiger partial charge in [-0.05, 0) is 87.0 Å². The number of rotatable bonds is 7. The van der Waals surface area contributed by atoms with Gasteiger partial charge in [-0.15, -0.1) is 0 Å². The largest absolute Gasteiger partial charge is 0.375 e. The van der Waals surface area contributed by atoms with Crippen LogP contribution in [0, 0.1) is 13.8 Å². The number of hydrogen-bond donors (Lipinski definition) is 3. The third-order valence-corrected chi connectivity index (χ3v) is 7.83. The van der Waals surface area contributed by atoms with Gasteiger partial charge in [0.1, 0.15) is 5.69 Å². The minimum absolute atomic E-state index is 0.268. The number of anilines is 5. The zero-order valence-corrected chi connectivity index (χ0v) is 24.6. The average molecular weight is 571 g/mol. The number of morpholine rings is 1. The summed E-state index contributed by atoms with van der Waals surface area (Å²) in [5.41, 5.74) is 10.6. The monoisotopic (exact) mass is 570 g/mol. The van der Waals surface area contributed by atoms with E-state index in [4.69, 9.17) is 19.7 Å². The number of imidazole rings is 1. The van der Waals surface area contributed by atoms with Crippen molar-refractivity contribution in [3.8, 4) is 11.5 Å². The molecule has 216 valence electrons. The Morgan fingerprint density at radius 2 is 1.72 bits per heavy atom. The molecule has 1 aliphatic heterocycles. The zero-order chi connectivity index (χ0) is 29.3. The first-order valence-electron chi connectivity index (χ1n) is 14.7. The molecule has 0 radical (unpaired) electrons.